The number of unbranched alkanes of at least 4 members (excludes halogenated alkanes) is 9. The number of carbonyl (C=O) groups excluding carboxylic acids is 2. The molecular weight excluding hydrogens is 689 g/mol. The van der Waals surface area contributed by atoms with Gasteiger partial charge in [0.15, 0.2) is 6.10 Å². The van der Waals surface area contributed by atoms with Gasteiger partial charge < -0.3 is 20.1 Å². The highest BCUT2D eigenvalue weighted by molar-refractivity contribution is 7.47. The van der Waals surface area contributed by atoms with Crippen LogP contribution >= 0.6 is 7.82 Å². The molecule has 2 atom stereocenters. The number of carbonyl (C=O) groups is 2. The molecule has 0 aliphatic heterocycles. The number of esters is 2. The number of nitrogens with two attached hydrogens (primary N) is 1. The molecule has 0 saturated heterocycles. The summed E-state index contributed by atoms with van der Waals surface area (Å²) in [4.78, 5) is 34.7. The lowest BCUT2D eigenvalue weighted by molar-refractivity contribution is -0.161. The third kappa shape index (κ3) is 38.7. The first-order chi connectivity index (χ1) is 25.8. The van der Waals surface area contributed by atoms with Crippen LogP contribution in [0, 0.1) is 0 Å². The van der Waals surface area contributed by atoms with E-state index in [1.807, 2.05) is 12.2 Å². The van der Waals surface area contributed by atoms with Crippen LogP contribution < -0.4 is 5.73 Å². The molecule has 53 heavy (non-hydrogen) atoms. The van der Waals surface area contributed by atoms with E-state index in [9.17, 15) is 19.0 Å². The molecule has 0 rings (SSSR count). The molecule has 0 aromatic carbocycles. The summed E-state index contributed by atoms with van der Waals surface area (Å²) in [7, 11) is -4.40. The number of allylic oxidation sites excluding steroid dienone is 14. The largest absolute Gasteiger partial charge is 0.472 e. The monoisotopic (exact) mass is 761 g/mol. The summed E-state index contributed by atoms with van der Waals surface area (Å²) in [5, 5.41) is 0. The Kier molecular flexibility index (Phi) is 36.8. The van der Waals surface area contributed by atoms with Crippen LogP contribution in [0.3, 0.4) is 0 Å². The Morgan fingerprint density at radius 3 is 1.62 bits per heavy atom. The third-order valence-electron chi connectivity index (χ3n) is 7.78. The van der Waals surface area contributed by atoms with Crippen molar-refractivity contribution in [2.45, 2.75) is 148 Å². The van der Waals surface area contributed by atoms with Crippen molar-refractivity contribution < 1.29 is 37.6 Å². The van der Waals surface area contributed by atoms with E-state index in [0.29, 0.717) is 12.8 Å². The molecule has 302 valence electrons. The van der Waals surface area contributed by atoms with E-state index in [-0.39, 0.29) is 32.6 Å². The zero-order chi connectivity index (χ0) is 38.9. The molecule has 1 unspecified atom stereocenters. The number of hydrogen-bond acceptors (Lipinski definition) is 8. The maximum atomic E-state index is 12.5. The predicted octanol–water partition coefficient (Wildman–Crippen LogP) is 11.3. The van der Waals surface area contributed by atoms with E-state index in [1.54, 1.807) is 0 Å². The van der Waals surface area contributed by atoms with Gasteiger partial charge in [0.05, 0.1) is 13.2 Å². The number of rotatable bonds is 36. The summed E-state index contributed by atoms with van der Waals surface area (Å²) in [5.41, 5.74) is 5.33. The highest BCUT2D eigenvalue weighted by Gasteiger charge is 2.25. The highest BCUT2D eigenvalue weighted by Crippen LogP contribution is 2.43. The Balaban J connectivity index is 4.37. The third-order valence-corrected chi connectivity index (χ3v) is 8.76. The van der Waals surface area contributed by atoms with E-state index in [2.05, 4.69) is 86.8 Å². The molecule has 0 aromatic heterocycles. The van der Waals surface area contributed by atoms with Crippen molar-refractivity contribution in [3.63, 3.8) is 0 Å². The Labute approximate surface area is 322 Å². The summed E-state index contributed by atoms with van der Waals surface area (Å²) in [6, 6.07) is 0. The van der Waals surface area contributed by atoms with Crippen molar-refractivity contribution in [2.75, 3.05) is 26.4 Å². The molecule has 10 heteroatoms. The fraction of sp³-hybridized carbons (Fsp3) is 0.628. The van der Waals surface area contributed by atoms with E-state index in [0.717, 1.165) is 70.6 Å². The summed E-state index contributed by atoms with van der Waals surface area (Å²) in [5.74, 6) is -0.947. The maximum Gasteiger partial charge on any atom is 0.472 e. The van der Waals surface area contributed by atoms with Gasteiger partial charge in [-0.25, -0.2) is 4.57 Å². The van der Waals surface area contributed by atoms with Crippen LogP contribution in [0.25, 0.3) is 0 Å². The van der Waals surface area contributed by atoms with Gasteiger partial charge in [-0.2, -0.15) is 0 Å². The zero-order valence-electron chi connectivity index (χ0n) is 33.0. The van der Waals surface area contributed by atoms with Crippen molar-refractivity contribution >= 4 is 19.8 Å². The zero-order valence-corrected chi connectivity index (χ0v) is 33.9. The number of phosphoric acid groups is 1. The van der Waals surface area contributed by atoms with Crippen molar-refractivity contribution in [2.24, 2.45) is 5.73 Å². The van der Waals surface area contributed by atoms with Crippen LogP contribution in [-0.2, 0) is 32.7 Å². The summed E-state index contributed by atoms with van der Waals surface area (Å²) in [6.07, 6.45) is 47.7. The molecule has 3 N–H and O–H groups in total. The molecule has 0 amide bonds. The minimum absolute atomic E-state index is 0.0365. The molecule has 0 bridgehead atoms. The summed E-state index contributed by atoms with van der Waals surface area (Å²) >= 11 is 0. The Bertz CT molecular complexity index is 1140. The first kappa shape index (κ1) is 50.2. The van der Waals surface area contributed by atoms with Gasteiger partial charge in [-0.3, -0.25) is 18.6 Å². The molecule has 0 aliphatic carbocycles. The van der Waals surface area contributed by atoms with Crippen LogP contribution in [0.4, 0.5) is 0 Å². The first-order valence-corrected chi connectivity index (χ1v) is 21.6. The molecule has 0 aliphatic rings. The van der Waals surface area contributed by atoms with Gasteiger partial charge in [0.1, 0.15) is 6.61 Å². The van der Waals surface area contributed by atoms with E-state index in [4.69, 9.17) is 24.3 Å². The van der Waals surface area contributed by atoms with E-state index in [1.165, 1.54) is 32.1 Å². The fourth-order valence-electron chi connectivity index (χ4n) is 4.83. The number of hydrogen-bond donors (Lipinski definition) is 2. The van der Waals surface area contributed by atoms with Gasteiger partial charge in [-0.15, -0.1) is 0 Å². The second-order valence-electron chi connectivity index (χ2n) is 12.8. The Hall–Kier alpha value is -2.81. The van der Waals surface area contributed by atoms with Crippen LogP contribution in [0.5, 0.6) is 0 Å². The SMILES string of the molecule is CC/C=C\C/C=C\C/C=C\C/C=C\C/C=C\C/C=C\CCC(=O)O[C@H](COC(=O)CCCCCCC/C=C\CCCCCC)COP(=O)(O)OCCN. The average molecular weight is 762 g/mol. The predicted molar refractivity (Wildman–Crippen MR) is 219 cm³/mol. The minimum atomic E-state index is -4.40. The van der Waals surface area contributed by atoms with Crippen LogP contribution in [0.2, 0.25) is 0 Å². The molecule has 9 nitrogen and oxygen atoms in total. The topological polar surface area (TPSA) is 134 Å². The Morgan fingerprint density at radius 1 is 0.585 bits per heavy atom. The van der Waals surface area contributed by atoms with Gasteiger partial charge in [0.25, 0.3) is 0 Å². The van der Waals surface area contributed by atoms with Crippen molar-refractivity contribution in [1.29, 1.82) is 0 Å². The quantitative estimate of drug-likeness (QED) is 0.0277. The number of ether oxygens (including phenoxy) is 2. The summed E-state index contributed by atoms with van der Waals surface area (Å²) < 4.78 is 32.6. The van der Waals surface area contributed by atoms with Crippen molar-refractivity contribution in [1.82, 2.24) is 0 Å². The standard InChI is InChI=1S/C43H72NO8P/c1-3-5-7-9-11-13-15-17-18-19-20-21-22-24-26-28-30-32-34-36-43(46)52-41(40-51-53(47,48)50-38-37-44)39-49-42(45)35-33-31-29-27-25-23-16-14-12-10-8-6-4-2/h5,7,11,13-14,16-18,20-21,24,26,30,32,41H,3-4,6,8-10,12,15,19,22-23,25,27-29,31,33-40,44H2,1-2H3,(H,47,48)/b7-5-,13-11-,16-14-,18-17-,21-20-,26-24-,32-30-/t41-/m1/s1. The lowest BCUT2D eigenvalue weighted by Gasteiger charge is -2.19. The van der Waals surface area contributed by atoms with E-state index < -0.39 is 32.5 Å². The second-order valence-corrected chi connectivity index (χ2v) is 14.2. The van der Waals surface area contributed by atoms with Crippen molar-refractivity contribution in [3.05, 3.63) is 85.1 Å². The van der Waals surface area contributed by atoms with Crippen LogP contribution in [0.15, 0.2) is 85.1 Å². The molecule has 0 radical (unpaired) electrons. The normalized spacial score (nSPS) is 14.3. The van der Waals surface area contributed by atoms with Crippen LogP contribution in [-0.4, -0.2) is 49.3 Å². The summed E-state index contributed by atoms with van der Waals surface area (Å²) in [6.45, 7) is 3.47. The Morgan fingerprint density at radius 2 is 1.08 bits per heavy atom. The lowest BCUT2D eigenvalue weighted by atomic mass is 10.1. The van der Waals surface area contributed by atoms with Gasteiger partial charge in [-0.1, -0.05) is 137 Å². The second kappa shape index (κ2) is 38.9. The smallest absolute Gasteiger partial charge is 0.462 e. The lowest BCUT2D eigenvalue weighted by Crippen LogP contribution is -2.29. The van der Waals surface area contributed by atoms with Crippen LogP contribution in [0.1, 0.15) is 142 Å². The van der Waals surface area contributed by atoms with Gasteiger partial charge in [0, 0.05) is 19.4 Å². The first-order valence-electron chi connectivity index (χ1n) is 20.1. The molecular formula is C43H72NO8P. The van der Waals surface area contributed by atoms with Gasteiger partial charge in [-0.05, 0) is 77.0 Å². The molecule has 0 saturated carbocycles. The number of phosphoric ester groups is 1. The minimum Gasteiger partial charge on any atom is -0.462 e. The molecule has 0 spiro atoms. The molecule has 0 aromatic rings. The fourth-order valence-corrected chi connectivity index (χ4v) is 5.59. The van der Waals surface area contributed by atoms with Gasteiger partial charge >= 0.3 is 19.8 Å². The van der Waals surface area contributed by atoms with Crippen molar-refractivity contribution in [3.8, 4) is 0 Å². The molecule has 0 heterocycles. The molecule has 0 fully saturated rings. The maximum absolute atomic E-state index is 12.5. The van der Waals surface area contributed by atoms with Gasteiger partial charge in [0.2, 0.25) is 0 Å². The highest BCUT2D eigenvalue weighted by atomic mass is 31.2. The average Bonchev–Trinajstić information content (AvgIpc) is 3.14. The van der Waals surface area contributed by atoms with E-state index >= 15 is 0 Å².